The molecule has 1 rings (SSSR count). The van der Waals surface area contributed by atoms with Gasteiger partial charge in [-0.15, -0.1) is 0 Å². The number of halogens is 1. The number of ether oxygens (including phenoxy) is 1. The highest BCUT2D eigenvalue weighted by Gasteiger charge is 2.19. The molecule has 0 aliphatic heterocycles. The number of nitrogens with zero attached hydrogens (tertiary/aromatic N) is 2. The van der Waals surface area contributed by atoms with Crippen molar-refractivity contribution in [1.29, 1.82) is 0 Å². The molecule has 0 aliphatic carbocycles. The van der Waals surface area contributed by atoms with Crippen LogP contribution in [0.25, 0.3) is 0 Å². The Bertz CT molecular complexity index is 387. The molecule has 1 heterocycles. The SMILES string of the molecule is C[C@@H](NC(=O)OC(C)(C)C)c1ncc(F)cn1. The molecule has 0 fully saturated rings. The number of carbonyl (C=O) groups excluding carboxylic acids is 1. The fourth-order valence-corrected chi connectivity index (χ4v) is 1.09. The number of nitrogens with one attached hydrogen (secondary N) is 1. The van der Waals surface area contributed by atoms with Crippen LogP contribution in [0.3, 0.4) is 0 Å². The molecule has 6 heteroatoms. The number of rotatable bonds is 2. The Morgan fingerprint density at radius 1 is 1.41 bits per heavy atom. The first-order valence-corrected chi connectivity index (χ1v) is 5.25. The van der Waals surface area contributed by atoms with E-state index >= 15 is 0 Å². The summed E-state index contributed by atoms with van der Waals surface area (Å²) in [6.45, 7) is 7.00. The second-order valence-electron chi connectivity index (χ2n) is 4.63. The number of carbonyl (C=O) groups is 1. The van der Waals surface area contributed by atoms with Crippen molar-refractivity contribution in [3.8, 4) is 0 Å². The van der Waals surface area contributed by atoms with E-state index in [0.29, 0.717) is 5.82 Å². The molecule has 1 aromatic rings. The van der Waals surface area contributed by atoms with Gasteiger partial charge >= 0.3 is 6.09 Å². The summed E-state index contributed by atoms with van der Waals surface area (Å²) in [5.41, 5.74) is -0.562. The molecule has 0 bridgehead atoms. The minimum Gasteiger partial charge on any atom is -0.444 e. The smallest absolute Gasteiger partial charge is 0.408 e. The lowest BCUT2D eigenvalue weighted by atomic mass is 10.2. The number of amides is 1. The average molecular weight is 241 g/mol. The van der Waals surface area contributed by atoms with Gasteiger partial charge in [-0.05, 0) is 27.7 Å². The molecule has 0 unspecified atom stereocenters. The summed E-state index contributed by atoms with van der Waals surface area (Å²) in [6, 6.07) is -0.439. The van der Waals surface area contributed by atoms with Gasteiger partial charge in [0.15, 0.2) is 11.6 Å². The highest BCUT2D eigenvalue weighted by atomic mass is 19.1. The van der Waals surface area contributed by atoms with Gasteiger partial charge in [0.05, 0.1) is 18.4 Å². The van der Waals surface area contributed by atoms with E-state index in [1.165, 1.54) is 0 Å². The van der Waals surface area contributed by atoms with Crippen molar-refractivity contribution < 1.29 is 13.9 Å². The zero-order valence-corrected chi connectivity index (χ0v) is 10.3. The molecular formula is C11H16FN3O2. The molecule has 17 heavy (non-hydrogen) atoms. The first-order valence-electron chi connectivity index (χ1n) is 5.25. The molecule has 5 nitrogen and oxygen atoms in total. The van der Waals surface area contributed by atoms with Crippen LogP contribution in [0.15, 0.2) is 12.4 Å². The predicted octanol–water partition coefficient (Wildman–Crippen LogP) is 2.20. The number of hydrogen-bond acceptors (Lipinski definition) is 4. The monoisotopic (exact) mass is 241 g/mol. The minimum atomic E-state index is -0.562. The first kappa shape index (κ1) is 13.3. The van der Waals surface area contributed by atoms with Crippen LogP contribution in [0.2, 0.25) is 0 Å². The number of hydrogen-bond donors (Lipinski definition) is 1. The first-order chi connectivity index (χ1) is 7.78. The number of alkyl carbamates (subject to hydrolysis) is 1. The molecule has 0 aliphatic rings. The lowest BCUT2D eigenvalue weighted by Gasteiger charge is -2.21. The Morgan fingerprint density at radius 3 is 2.41 bits per heavy atom. The summed E-state index contributed by atoms with van der Waals surface area (Å²) in [4.78, 5) is 19.0. The van der Waals surface area contributed by atoms with Gasteiger partial charge in [-0.1, -0.05) is 0 Å². The van der Waals surface area contributed by atoms with E-state index < -0.39 is 23.6 Å². The summed E-state index contributed by atoms with van der Waals surface area (Å²) in [7, 11) is 0. The normalized spacial score (nSPS) is 13.0. The third-order valence-electron chi connectivity index (χ3n) is 1.76. The summed E-state index contributed by atoms with van der Waals surface area (Å²) in [6.07, 6.45) is 1.54. The van der Waals surface area contributed by atoms with Crippen molar-refractivity contribution in [2.24, 2.45) is 0 Å². The molecule has 0 aromatic carbocycles. The second kappa shape index (κ2) is 5.07. The molecule has 1 aromatic heterocycles. The van der Waals surface area contributed by atoms with E-state index in [2.05, 4.69) is 15.3 Å². The molecule has 1 atom stereocenters. The Morgan fingerprint density at radius 2 is 1.94 bits per heavy atom. The van der Waals surface area contributed by atoms with Crippen LogP contribution in [0.1, 0.15) is 39.6 Å². The van der Waals surface area contributed by atoms with Gasteiger partial charge in [-0.2, -0.15) is 0 Å². The molecular weight excluding hydrogens is 225 g/mol. The second-order valence-corrected chi connectivity index (χ2v) is 4.63. The third kappa shape index (κ3) is 4.76. The average Bonchev–Trinajstić information content (AvgIpc) is 2.15. The molecule has 0 spiro atoms. The molecule has 0 saturated heterocycles. The quantitative estimate of drug-likeness (QED) is 0.862. The lowest BCUT2D eigenvalue weighted by molar-refractivity contribution is 0.0506. The van der Waals surface area contributed by atoms with Gasteiger partial charge in [0.25, 0.3) is 0 Å². The maximum absolute atomic E-state index is 12.6. The van der Waals surface area contributed by atoms with E-state index in [9.17, 15) is 9.18 Å². The van der Waals surface area contributed by atoms with E-state index in [4.69, 9.17) is 4.74 Å². The van der Waals surface area contributed by atoms with E-state index in [1.807, 2.05) is 0 Å². The summed E-state index contributed by atoms with van der Waals surface area (Å²) >= 11 is 0. The largest absolute Gasteiger partial charge is 0.444 e. The van der Waals surface area contributed by atoms with Crippen LogP contribution in [0.4, 0.5) is 9.18 Å². The fourth-order valence-electron chi connectivity index (χ4n) is 1.09. The van der Waals surface area contributed by atoms with Gasteiger partial charge in [0.1, 0.15) is 5.60 Å². The summed E-state index contributed by atoms with van der Waals surface area (Å²) < 4.78 is 17.7. The Hall–Kier alpha value is -1.72. The third-order valence-corrected chi connectivity index (χ3v) is 1.76. The zero-order valence-electron chi connectivity index (χ0n) is 10.3. The van der Waals surface area contributed by atoms with Crippen molar-refractivity contribution in [1.82, 2.24) is 15.3 Å². The Labute approximate surface area is 99.4 Å². The maximum atomic E-state index is 12.6. The van der Waals surface area contributed by atoms with Crippen LogP contribution in [0, 0.1) is 5.82 Å². The molecule has 0 saturated carbocycles. The standard InChI is InChI=1S/C11H16FN3O2/c1-7(9-13-5-8(12)6-14-9)15-10(16)17-11(2,3)4/h5-7H,1-4H3,(H,15,16)/t7-/m1/s1. The van der Waals surface area contributed by atoms with Crippen LogP contribution in [-0.4, -0.2) is 21.7 Å². The van der Waals surface area contributed by atoms with Crippen molar-refractivity contribution >= 4 is 6.09 Å². The van der Waals surface area contributed by atoms with Gasteiger partial charge in [-0.25, -0.2) is 19.2 Å². The highest BCUT2D eigenvalue weighted by molar-refractivity contribution is 5.68. The molecule has 0 radical (unpaired) electrons. The van der Waals surface area contributed by atoms with Gasteiger partial charge in [-0.3, -0.25) is 0 Å². The minimum absolute atomic E-state index is 0.331. The lowest BCUT2D eigenvalue weighted by Crippen LogP contribution is -2.34. The van der Waals surface area contributed by atoms with Crippen LogP contribution < -0.4 is 5.32 Å². The highest BCUT2D eigenvalue weighted by Crippen LogP contribution is 2.10. The molecule has 1 N–H and O–H groups in total. The summed E-state index contributed by atoms with van der Waals surface area (Å²) in [5, 5.41) is 2.56. The maximum Gasteiger partial charge on any atom is 0.408 e. The van der Waals surface area contributed by atoms with E-state index in [0.717, 1.165) is 12.4 Å². The van der Waals surface area contributed by atoms with Gasteiger partial charge in [0.2, 0.25) is 0 Å². The zero-order chi connectivity index (χ0) is 13.1. The van der Waals surface area contributed by atoms with E-state index in [-0.39, 0.29) is 0 Å². The molecule has 1 amide bonds. The molecule has 94 valence electrons. The summed E-state index contributed by atoms with van der Waals surface area (Å²) in [5.74, 6) is -0.185. The van der Waals surface area contributed by atoms with Crippen molar-refractivity contribution in [3.63, 3.8) is 0 Å². The fraction of sp³-hybridized carbons (Fsp3) is 0.545. The van der Waals surface area contributed by atoms with Crippen LogP contribution in [-0.2, 0) is 4.74 Å². The topological polar surface area (TPSA) is 64.1 Å². The predicted molar refractivity (Wildman–Crippen MR) is 59.8 cm³/mol. The van der Waals surface area contributed by atoms with Crippen molar-refractivity contribution in [3.05, 3.63) is 24.0 Å². The Balaban J connectivity index is 2.57. The van der Waals surface area contributed by atoms with Crippen LogP contribution >= 0.6 is 0 Å². The van der Waals surface area contributed by atoms with Gasteiger partial charge < -0.3 is 10.1 Å². The van der Waals surface area contributed by atoms with Crippen LogP contribution in [0.5, 0.6) is 0 Å². The number of aromatic nitrogens is 2. The Kier molecular flexibility index (Phi) is 3.98. The van der Waals surface area contributed by atoms with Crippen molar-refractivity contribution in [2.75, 3.05) is 0 Å². The van der Waals surface area contributed by atoms with E-state index in [1.54, 1.807) is 27.7 Å². The van der Waals surface area contributed by atoms with Gasteiger partial charge in [0, 0.05) is 0 Å². The van der Waals surface area contributed by atoms with Crippen molar-refractivity contribution in [2.45, 2.75) is 39.3 Å².